The van der Waals surface area contributed by atoms with Crippen molar-refractivity contribution < 1.29 is 13.9 Å². The minimum absolute atomic E-state index is 0. The van der Waals surface area contributed by atoms with Crippen molar-refractivity contribution in [1.29, 1.82) is 0 Å². The number of amides is 1. The molecule has 0 spiro atoms. The quantitative estimate of drug-likeness (QED) is 0.318. The number of ether oxygens (including phenoxy) is 1. The van der Waals surface area contributed by atoms with E-state index in [9.17, 15) is 4.79 Å². The number of benzene rings is 1. The van der Waals surface area contributed by atoms with E-state index in [2.05, 4.69) is 27.0 Å². The van der Waals surface area contributed by atoms with Crippen LogP contribution in [0.4, 0.5) is 0 Å². The van der Waals surface area contributed by atoms with Crippen LogP contribution in [-0.4, -0.2) is 37.6 Å². The molecule has 1 aliphatic rings. The molecular formula is C19H25IN4O3. The Bertz CT molecular complexity index is 724. The van der Waals surface area contributed by atoms with Gasteiger partial charge in [-0.05, 0) is 30.7 Å². The lowest BCUT2D eigenvalue weighted by Crippen LogP contribution is -2.42. The van der Waals surface area contributed by atoms with Crippen LogP contribution in [0.15, 0.2) is 52.1 Å². The summed E-state index contributed by atoms with van der Waals surface area (Å²) in [4.78, 5) is 16.2. The Morgan fingerprint density at radius 1 is 1.19 bits per heavy atom. The fourth-order valence-electron chi connectivity index (χ4n) is 2.73. The van der Waals surface area contributed by atoms with Crippen LogP contribution in [-0.2, 0) is 17.8 Å². The van der Waals surface area contributed by atoms with Crippen molar-refractivity contribution in [3.63, 3.8) is 0 Å². The molecule has 0 aliphatic carbocycles. The second-order valence-corrected chi connectivity index (χ2v) is 5.98. The summed E-state index contributed by atoms with van der Waals surface area (Å²) in [5.74, 6) is 2.09. The lowest BCUT2D eigenvalue weighted by molar-refractivity contribution is -0.119. The van der Waals surface area contributed by atoms with Crippen LogP contribution in [0.5, 0.6) is 5.75 Å². The van der Waals surface area contributed by atoms with Crippen molar-refractivity contribution in [1.82, 2.24) is 16.0 Å². The zero-order valence-electron chi connectivity index (χ0n) is 15.2. The molecule has 3 rings (SSSR count). The van der Waals surface area contributed by atoms with E-state index >= 15 is 0 Å². The topological polar surface area (TPSA) is 87.9 Å². The number of aliphatic imine (C=N–C) groups is 1. The number of halogens is 1. The second kappa shape index (κ2) is 10.8. The predicted octanol–water partition coefficient (Wildman–Crippen LogP) is 2.07. The van der Waals surface area contributed by atoms with Gasteiger partial charge < -0.3 is 25.1 Å². The van der Waals surface area contributed by atoms with Gasteiger partial charge in [-0.15, -0.1) is 24.0 Å². The first-order valence-corrected chi connectivity index (χ1v) is 8.80. The maximum Gasteiger partial charge on any atom is 0.242 e. The number of carbonyl (C=O) groups excluding carboxylic acids is 1. The molecule has 0 saturated heterocycles. The molecule has 0 radical (unpaired) electrons. The van der Waals surface area contributed by atoms with E-state index < -0.39 is 0 Å². The van der Waals surface area contributed by atoms with Crippen LogP contribution in [0.1, 0.15) is 18.2 Å². The number of furan rings is 1. The molecule has 1 unspecified atom stereocenters. The Labute approximate surface area is 176 Å². The zero-order chi connectivity index (χ0) is 18.2. The summed E-state index contributed by atoms with van der Waals surface area (Å²) < 4.78 is 11.1. The standard InChI is InChI=1S/C19H24N4O3.HI/c1-2-20-19(23-13-18(24)21-11-15-7-5-9-25-15)22-12-16-10-14-6-3-4-8-17(14)26-16;/h3-9,16H,2,10-13H2,1H3,(H,21,24)(H2,20,22,23);1H. The van der Waals surface area contributed by atoms with Gasteiger partial charge in [0, 0.05) is 13.0 Å². The molecule has 8 heteroatoms. The van der Waals surface area contributed by atoms with E-state index in [1.54, 1.807) is 12.3 Å². The zero-order valence-corrected chi connectivity index (χ0v) is 17.6. The third kappa shape index (κ3) is 6.46. The van der Waals surface area contributed by atoms with Crippen LogP contribution < -0.4 is 20.7 Å². The Morgan fingerprint density at radius 3 is 2.78 bits per heavy atom. The van der Waals surface area contributed by atoms with Gasteiger partial charge in [0.1, 0.15) is 24.2 Å². The first-order valence-electron chi connectivity index (χ1n) is 8.80. The monoisotopic (exact) mass is 484 g/mol. The summed E-state index contributed by atoms with van der Waals surface area (Å²) in [6.07, 6.45) is 2.51. The highest BCUT2D eigenvalue weighted by molar-refractivity contribution is 14.0. The smallest absolute Gasteiger partial charge is 0.242 e. The molecule has 27 heavy (non-hydrogen) atoms. The Kier molecular flexibility index (Phi) is 8.43. The molecule has 1 aromatic carbocycles. The molecule has 7 nitrogen and oxygen atoms in total. The Morgan fingerprint density at radius 2 is 2.04 bits per heavy atom. The molecule has 0 saturated carbocycles. The molecule has 0 bridgehead atoms. The maximum absolute atomic E-state index is 11.9. The van der Waals surface area contributed by atoms with E-state index in [4.69, 9.17) is 9.15 Å². The van der Waals surface area contributed by atoms with Crippen LogP contribution in [0.2, 0.25) is 0 Å². The summed E-state index contributed by atoms with van der Waals surface area (Å²) in [7, 11) is 0. The van der Waals surface area contributed by atoms with Crippen LogP contribution >= 0.6 is 24.0 Å². The lowest BCUT2D eigenvalue weighted by Gasteiger charge is -2.15. The summed E-state index contributed by atoms with van der Waals surface area (Å²) in [5, 5.41) is 9.15. The van der Waals surface area contributed by atoms with Gasteiger partial charge in [0.25, 0.3) is 0 Å². The number of para-hydroxylation sites is 1. The highest BCUT2D eigenvalue weighted by atomic mass is 127. The number of nitrogens with one attached hydrogen (secondary N) is 3. The molecule has 1 amide bonds. The molecular weight excluding hydrogens is 459 g/mol. The van der Waals surface area contributed by atoms with Gasteiger partial charge in [-0.2, -0.15) is 0 Å². The van der Waals surface area contributed by atoms with E-state index in [1.807, 2.05) is 31.2 Å². The molecule has 1 aromatic heterocycles. The van der Waals surface area contributed by atoms with Gasteiger partial charge in [-0.1, -0.05) is 18.2 Å². The van der Waals surface area contributed by atoms with Gasteiger partial charge in [0.2, 0.25) is 5.91 Å². The largest absolute Gasteiger partial charge is 0.488 e. The van der Waals surface area contributed by atoms with Crippen molar-refractivity contribution in [3.8, 4) is 5.75 Å². The number of rotatable bonds is 7. The third-order valence-corrected chi connectivity index (χ3v) is 3.98. The summed E-state index contributed by atoms with van der Waals surface area (Å²) in [6, 6.07) is 11.7. The number of hydrogen-bond donors (Lipinski definition) is 3. The SMILES string of the molecule is CCNC(=NCC(=O)NCc1ccco1)NCC1Cc2ccccc2O1.I. The van der Waals surface area contributed by atoms with Crippen LogP contribution in [0.25, 0.3) is 0 Å². The van der Waals surface area contributed by atoms with Gasteiger partial charge in [-0.25, -0.2) is 4.99 Å². The average molecular weight is 484 g/mol. The van der Waals surface area contributed by atoms with E-state index in [1.165, 1.54) is 5.56 Å². The van der Waals surface area contributed by atoms with Gasteiger partial charge in [0.15, 0.2) is 5.96 Å². The van der Waals surface area contributed by atoms with E-state index in [0.29, 0.717) is 31.4 Å². The third-order valence-electron chi connectivity index (χ3n) is 3.98. The number of guanidine groups is 1. The maximum atomic E-state index is 11.9. The molecule has 3 N–H and O–H groups in total. The normalized spacial score (nSPS) is 15.3. The molecule has 0 fully saturated rings. The fourth-order valence-corrected chi connectivity index (χ4v) is 2.73. The minimum Gasteiger partial charge on any atom is -0.488 e. The lowest BCUT2D eigenvalue weighted by atomic mass is 10.1. The Hall–Kier alpha value is -2.23. The van der Waals surface area contributed by atoms with Crippen LogP contribution in [0, 0.1) is 0 Å². The highest BCUT2D eigenvalue weighted by Gasteiger charge is 2.22. The summed E-state index contributed by atoms with van der Waals surface area (Å²) in [6.45, 7) is 3.72. The van der Waals surface area contributed by atoms with Crippen molar-refractivity contribution in [3.05, 3.63) is 54.0 Å². The van der Waals surface area contributed by atoms with Crippen molar-refractivity contribution in [2.45, 2.75) is 26.0 Å². The van der Waals surface area contributed by atoms with E-state index in [-0.39, 0.29) is 42.5 Å². The second-order valence-electron chi connectivity index (χ2n) is 5.98. The van der Waals surface area contributed by atoms with Crippen molar-refractivity contribution in [2.24, 2.45) is 4.99 Å². The van der Waals surface area contributed by atoms with Crippen LogP contribution in [0.3, 0.4) is 0 Å². The molecule has 2 aromatic rings. The van der Waals surface area contributed by atoms with Crippen molar-refractivity contribution >= 4 is 35.8 Å². The summed E-state index contributed by atoms with van der Waals surface area (Å²) in [5.41, 5.74) is 1.22. The molecule has 1 aliphatic heterocycles. The number of nitrogens with zero attached hydrogens (tertiary/aromatic N) is 1. The molecule has 1 atom stereocenters. The molecule has 146 valence electrons. The van der Waals surface area contributed by atoms with Crippen molar-refractivity contribution in [2.75, 3.05) is 19.6 Å². The fraction of sp³-hybridized carbons (Fsp3) is 0.368. The Balaban J connectivity index is 0.00000261. The highest BCUT2D eigenvalue weighted by Crippen LogP contribution is 2.27. The number of carbonyl (C=O) groups is 1. The van der Waals surface area contributed by atoms with Gasteiger partial charge in [0.05, 0.1) is 19.4 Å². The summed E-state index contributed by atoms with van der Waals surface area (Å²) >= 11 is 0. The number of fused-ring (bicyclic) bond motifs is 1. The first-order chi connectivity index (χ1) is 12.7. The van der Waals surface area contributed by atoms with Gasteiger partial charge in [-0.3, -0.25) is 4.79 Å². The number of hydrogen-bond acceptors (Lipinski definition) is 4. The first kappa shape index (κ1) is 21.1. The predicted molar refractivity (Wildman–Crippen MR) is 115 cm³/mol. The molecule has 2 heterocycles. The van der Waals surface area contributed by atoms with E-state index in [0.717, 1.165) is 12.2 Å². The minimum atomic E-state index is -0.164. The average Bonchev–Trinajstić information content (AvgIpc) is 3.31. The van der Waals surface area contributed by atoms with Gasteiger partial charge >= 0.3 is 0 Å².